The molecule has 1 unspecified atom stereocenters. The Morgan fingerprint density at radius 3 is 2.03 bits per heavy atom. The van der Waals surface area contributed by atoms with Gasteiger partial charge >= 0.3 is 18.3 Å². The molecule has 0 saturated carbocycles. The van der Waals surface area contributed by atoms with E-state index in [-0.39, 0.29) is 16.9 Å². The van der Waals surface area contributed by atoms with Gasteiger partial charge in [0.25, 0.3) is 5.91 Å². The summed E-state index contributed by atoms with van der Waals surface area (Å²) in [4.78, 5) is 27.6. The molecule has 1 atom stereocenters. The number of nitrogens with one attached hydrogen (secondary N) is 1. The van der Waals surface area contributed by atoms with Gasteiger partial charge in [-0.15, -0.1) is 0 Å². The maximum Gasteiger partial charge on any atom is 0.418 e. The average molecular weight is 482 g/mol. The van der Waals surface area contributed by atoms with E-state index in [1.165, 1.54) is 31.2 Å². The summed E-state index contributed by atoms with van der Waals surface area (Å²) in [7, 11) is 0. The van der Waals surface area contributed by atoms with Gasteiger partial charge in [0, 0.05) is 18.7 Å². The van der Waals surface area contributed by atoms with E-state index in [1.807, 2.05) is 0 Å². The van der Waals surface area contributed by atoms with Crippen molar-refractivity contribution in [3.8, 4) is 5.75 Å². The molecule has 34 heavy (non-hydrogen) atoms. The Balaban J connectivity index is 2.01. The number of amides is 1. The van der Waals surface area contributed by atoms with E-state index in [9.17, 15) is 35.9 Å². The largest absolute Gasteiger partial charge is 0.427 e. The van der Waals surface area contributed by atoms with Gasteiger partial charge in [-0.1, -0.05) is 12.1 Å². The van der Waals surface area contributed by atoms with Crippen molar-refractivity contribution in [1.29, 1.82) is 0 Å². The molecule has 0 fully saturated rings. The van der Waals surface area contributed by atoms with Crippen LogP contribution in [0.15, 0.2) is 66.9 Å². The summed E-state index contributed by atoms with van der Waals surface area (Å²) >= 11 is 0. The SMILES string of the molecule is CC(=O)Oc1ccc(C(=O)NC(c2ccc(C(F)(F)F)cc2)c2ncccc2C(F)(F)F)cc1. The summed E-state index contributed by atoms with van der Waals surface area (Å²) in [5, 5.41) is 2.41. The first-order chi connectivity index (χ1) is 15.9. The summed E-state index contributed by atoms with van der Waals surface area (Å²) in [5.41, 5.74) is -2.76. The highest BCUT2D eigenvalue weighted by Crippen LogP contribution is 2.36. The van der Waals surface area contributed by atoms with Crippen LogP contribution in [0.1, 0.15) is 45.7 Å². The van der Waals surface area contributed by atoms with Crippen LogP contribution in [0.5, 0.6) is 5.75 Å². The van der Waals surface area contributed by atoms with E-state index < -0.39 is 47.1 Å². The second-order valence-electron chi connectivity index (χ2n) is 7.08. The van der Waals surface area contributed by atoms with Gasteiger partial charge in [0.05, 0.1) is 22.9 Å². The topological polar surface area (TPSA) is 68.3 Å². The van der Waals surface area contributed by atoms with Gasteiger partial charge in [0.1, 0.15) is 5.75 Å². The minimum Gasteiger partial charge on any atom is -0.427 e. The number of halogens is 6. The smallest absolute Gasteiger partial charge is 0.418 e. The monoisotopic (exact) mass is 482 g/mol. The summed E-state index contributed by atoms with van der Waals surface area (Å²) in [6.45, 7) is 1.18. The zero-order valence-electron chi connectivity index (χ0n) is 17.4. The van der Waals surface area contributed by atoms with Crippen molar-refractivity contribution < 1.29 is 40.7 Å². The minimum atomic E-state index is -4.83. The molecule has 3 rings (SSSR count). The lowest BCUT2D eigenvalue weighted by molar-refractivity contribution is -0.139. The molecule has 0 aliphatic rings. The molecule has 11 heteroatoms. The van der Waals surface area contributed by atoms with Gasteiger partial charge in [-0.2, -0.15) is 26.3 Å². The molecule has 1 aromatic heterocycles. The van der Waals surface area contributed by atoms with Gasteiger partial charge in [-0.3, -0.25) is 14.6 Å². The Morgan fingerprint density at radius 2 is 1.50 bits per heavy atom. The second-order valence-corrected chi connectivity index (χ2v) is 7.08. The van der Waals surface area contributed by atoms with Crippen molar-refractivity contribution in [2.24, 2.45) is 0 Å². The third-order valence-corrected chi connectivity index (χ3v) is 4.64. The Labute approximate surface area is 189 Å². The summed E-state index contributed by atoms with van der Waals surface area (Å²) in [6.07, 6.45) is -8.39. The number of aromatic nitrogens is 1. The lowest BCUT2D eigenvalue weighted by Gasteiger charge is -2.23. The highest BCUT2D eigenvalue weighted by molar-refractivity contribution is 5.94. The van der Waals surface area contributed by atoms with Gasteiger partial charge in [0.2, 0.25) is 0 Å². The number of benzene rings is 2. The van der Waals surface area contributed by atoms with Crippen molar-refractivity contribution in [2.75, 3.05) is 0 Å². The van der Waals surface area contributed by atoms with E-state index in [4.69, 9.17) is 4.74 Å². The van der Waals surface area contributed by atoms with Crippen molar-refractivity contribution >= 4 is 11.9 Å². The summed E-state index contributed by atoms with van der Waals surface area (Å²) in [5.74, 6) is -1.26. The normalized spacial score (nSPS) is 12.7. The van der Waals surface area contributed by atoms with Crippen molar-refractivity contribution in [1.82, 2.24) is 10.3 Å². The maximum absolute atomic E-state index is 13.6. The molecule has 2 aromatic carbocycles. The highest BCUT2D eigenvalue weighted by atomic mass is 19.4. The van der Waals surface area contributed by atoms with E-state index in [1.54, 1.807) is 0 Å². The molecular weight excluding hydrogens is 466 g/mol. The molecule has 5 nitrogen and oxygen atoms in total. The van der Waals surface area contributed by atoms with E-state index >= 15 is 0 Å². The van der Waals surface area contributed by atoms with E-state index in [0.29, 0.717) is 12.1 Å². The predicted molar refractivity (Wildman–Crippen MR) is 108 cm³/mol. The van der Waals surface area contributed by atoms with E-state index in [0.717, 1.165) is 30.5 Å². The number of esters is 1. The summed E-state index contributed by atoms with van der Waals surface area (Å²) < 4.78 is 84.5. The van der Waals surface area contributed by atoms with Crippen molar-refractivity contribution in [2.45, 2.75) is 25.3 Å². The van der Waals surface area contributed by atoms with Gasteiger partial charge in [-0.25, -0.2) is 0 Å². The van der Waals surface area contributed by atoms with Crippen molar-refractivity contribution in [3.05, 3.63) is 94.8 Å². The third kappa shape index (κ3) is 5.91. The van der Waals surface area contributed by atoms with Gasteiger partial charge in [-0.05, 0) is 54.1 Å². The second kappa shape index (κ2) is 9.54. The van der Waals surface area contributed by atoms with Crippen LogP contribution in [0, 0.1) is 0 Å². The fraction of sp³-hybridized carbons (Fsp3) is 0.174. The Bertz CT molecular complexity index is 1170. The molecule has 0 spiro atoms. The predicted octanol–water partition coefficient (Wildman–Crippen LogP) is 5.56. The Hall–Kier alpha value is -3.89. The van der Waals surface area contributed by atoms with Crippen LogP contribution in [0.2, 0.25) is 0 Å². The first-order valence-electron chi connectivity index (χ1n) is 9.65. The van der Waals surface area contributed by atoms with Crippen LogP contribution in [-0.4, -0.2) is 16.9 Å². The quantitative estimate of drug-likeness (QED) is 0.294. The summed E-state index contributed by atoms with van der Waals surface area (Å²) in [6, 6.07) is 8.86. The molecule has 1 heterocycles. The van der Waals surface area contributed by atoms with Crippen LogP contribution < -0.4 is 10.1 Å². The number of ether oxygens (including phenoxy) is 1. The number of carbonyl (C=O) groups is 2. The average Bonchev–Trinajstić information content (AvgIpc) is 2.76. The molecule has 178 valence electrons. The number of rotatable bonds is 5. The van der Waals surface area contributed by atoms with Crippen molar-refractivity contribution in [3.63, 3.8) is 0 Å². The Morgan fingerprint density at radius 1 is 0.882 bits per heavy atom. The number of pyridine rings is 1. The lowest BCUT2D eigenvalue weighted by Crippen LogP contribution is -2.31. The molecule has 0 bridgehead atoms. The fourth-order valence-electron chi connectivity index (χ4n) is 3.12. The van der Waals surface area contributed by atoms with Crippen LogP contribution in [-0.2, 0) is 17.1 Å². The number of hydrogen-bond donors (Lipinski definition) is 1. The number of alkyl halides is 6. The molecule has 0 radical (unpaired) electrons. The molecule has 3 aromatic rings. The zero-order chi connectivity index (χ0) is 25.1. The first kappa shape index (κ1) is 24.7. The number of hydrogen-bond acceptors (Lipinski definition) is 4. The highest BCUT2D eigenvalue weighted by Gasteiger charge is 2.37. The molecule has 0 aliphatic heterocycles. The number of nitrogens with zero attached hydrogens (tertiary/aromatic N) is 1. The molecule has 0 aliphatic carbocycles. The molecule has 1 amide bonds. The number of carbonyl (C=O) groups excluding carboxylic acids is 2. The molecular formula is C23H16F6N2O3. The minimum absolute atomic E-state index is 0.0114. The van der Waals surface area contributed by atoms with Crippen LogP contribution in [0.4, 0.5) is 26.3 Å². The van der Waals surface area contributed by atoms with Gasteiger partial charge in [0.15, 0.2) is 0 Å². The van der Waals surface area contributed by atoms with Gasteiger partial charge < -0.3 is 10.1 Å². The maximum atomic E-state index is 13.6. The van der Waals surface area contributed by atoms with E-state index in [2.05, 4.69) is 10.3 Å². The first-order valence-corrected chi connectivity index (χ1v) is 9.65. The fourth-order valence-corrected chi connectivity index (χ4v) is 3.12. The standard InChI is InChI=1S/C23H16F6N2O3/c1-13(32)34-17-10-6-15(7-11-17)21(33)31-19(14-4-8-16(9-5-14)22(24,25)26)20-18(23(27,28)29)3-2-12-30-20/h2-12,19H,1H3,(H,31,33). The zero-order valence-corrected chi connectivity index (χ0v) is 17.4. The lowest BCUT2D eigenvalue weighted by atomic mass is 9.97. The van der Waals surface area contributed by atoms with Crippen LogP contribution >= 0.6 is 0 Å². The van der Waals surface area contributed by atoms with Crippen LogP contribution in [0.3, 0.4) is 0 Å². The van der Waals surface area contributed by atoms with Crippen LogP contribution in [0.25, 0.3) is 0 Å². The molecule has 1 N–H and O–H groups in total. The molecule has 0 saturated heterocycles. The Kier molecular flexibility index (Phi) is 6.94. The third-order valence-electron chi connectivity index (χ3n) is 4.64.